The highest BCUT2D eigenvalue weighted by Crippen LogP contribution is 2.27. The normalized spacial score (nSPS) is 12.8. The zero-order chi connectivity index (χ0) is 14.5. The molecule has 0 aliphatic carbocycles. The van der Waals surface area contributed by atoms with Gasteiger partial charge in [-0.05, 0) is 36.2 Å². The maximum atomic E-state index is 14.1. The molecule has 5 heteroatoms. The molecule has 2 aromatic rings. The number of thiophene rings is 1. The van der Waals surface area contributed by atoms with E-state index in [0.717, 1.165) is 17.6 Å². The molecule has 0 spiro atoms. The third-order valence-electron chi connectivity index (χ3n) is 3.33. The van der Waals surface area contributed by atoms with E-state index in [2.05, 4.69) is 39.2 Å². The minimum absolute atomic E-state index is 0.111. The molecule has 0 aliphatic rings. The number of hydrogen-bond acceptors (Lipinski definition) is 3. The summed E-state index contributed by atoms with van der Waals surface area (Å²) in [6, 6.07) is 9.04. The van der Waals surface area contributed by atoms with Gasteiger partial charge in [-0.15, -0.1) is 11.3 Å². The monoisotopic (exact) mass is 356 g/mol. The van der Waals surface area contributed by atoms with Gasteiger partial charge in [-0.2, -0.15) is 0 Å². The molecule has 1 heterocycles. The Bertz CT molecular complexity index is 545. The first kappa shape index (κ1) is 15.6. The maximum absolute atomic E-state index is 14.1. The molecule has 1 aromatic heterocycles. The van der Waals surface area contributed by atoms with Crippen molar-refractivity contribution >= 4 is 27.3 Å². The lowest BCUT2D eigenvalue weighted by Crippen LogP contribution is -2.33. The number of benzene rings is 1. The minimum Gasteiger partial charge on any atom is -0.329 e. The molecule has 2 nitrogen and oxygen atoms in total. The van der Waals surface area contributed by atoms with Crippen molar-refractivity contribution in [2.75, 3.05) is 13.1 Å². The lowest BCUT2D eigenvalue weighted by Gasteiger charge is -2.30. The SMILES string of the molecule is CCN(Cc1cccs1)C(CN)c1cc(Br)ccc1F. The second-order valence-corrected chi connectivity index (χ2v) is 6.51. The Labute approximate surface area is 131 Å². The van der Waals surface area contributed by atoms with E-state index in [-0.39, 0.29) is 11.9 Å². The zero-order valence-electron chi connectivity index (χ0n) is 11.4. The Morgan fingerprint density at radius 1 is 1.40 bits per heavy atom. The van der Waals surface area contributed by atoms with Crippen LogP contribution >= 0.6 is 27.3 Å². The standard InChI is InChI=1S/C15H18BrFN2S/c1-2-19(10-12-4-3-7-20-12)15(9-18)13-8-11(16)5-6-14(13)17/h3-8,15H,2,9-10,18H2,1H3. The summed E-state index contributed by atoms with van der Waals surface area (Å²) >= 11 is 5.11. The average molecular weight is 357 g/mol. The van der Waals surface area contributed by atoms with Crippen LogP contribution in [0.1, 0.15) is 23.4 Å². The molecule has 20 heavy (non-hydrogen) atoms. The van der Waals surface area contributed by atoms with Crippen LogP contribution in [0.2, 0.25) is 0 Å². The van der Waals surface area contributed by atoms with Gasteiger partial charge >= 0.3 is 0 Å². The second-order valence-electron chi connectivity index (χ2n) is 4.56. The molecular formula is C15H18BrFN2S. The van der Waals surface area contributed by atoms with E-state index >= 15 is 0 Å². The number of likely N-dealkylation sites (N-methyl/N-ethyl adjacent to an activating group) is 1. The third-order valence-corrected chi connectivity index (χ3v) is 4.68. The average Bonchev–Trinajstić information content (AvgIpc) is 2.95. The van der Waals surface area contributed by atoms with Crippen molar-refractivity contribution in [3.05, 3.63) is 56.4 Å². The van der Waals surface area contributed by atoms with Gasteiger partial charge in [0.1, 0.15) is 5.82 Å². The molecule has 0 bridgehead atoms. The van der Waals surface area contributed by atoms with Gasteiger partial charge in [0.15, 0.2) is 0 Å². The summed E-state index contributed by atoms with van der Waals surface area (Å²) in [6.45, 7) is 4.09. The molecule has 1 atom stereocenters. The smallest absolute Gasteiger partial charge is 0.128 e. The van der Waals surface area contributed by atoms with Crippen LogP contribution in [0.15, 0.2) is 40.2 Å². The van der Waals surface area contributed by atoms with Crippen LogP contribution in [-0.4, -0.2) is 18.0 Å². The van der Waals surface area contributed by atoms with Gasteiger partial charge in [0.2, 0.25) is 0 Å². The van der Waals surface area contributed by atoms with E-state index in [4.69, 9.17) is 5.73 Å². The molecule has 108 valence electrons. The lowest BCUT2D eigenvalue weighted by atomic mass is 10.0. The van der Waals surface area contributed by atoms with Crippen LogP contribution in [0.4, 0.5) is 4.39 Å². The first-order valence-electron chi connectivity index (χ1n) is 6.57. The Balaban J connectivity index is 2.26. The van der Waals surface area contributed by atoms with Crippen LogP contribution in [0.5, 0.6) is 0 Å². The molecule has 0 aliphatic heterocycles. The van der Waals surface area contributed by atoms with Gasteiger partial charge in [0, 0.05) is 28.0 Å². The quantitative estimate of drug-likeness (QED) is 0.841. The summed E-state index contributed by atoms with van der Waals surface area (Å²) in [4.78, 5) is 3.47. The second kappa shape index (κ2) is 7.31. The highest BCUT2D eigenvalue weighted by atomic mass is 79.9. The van der Waals surface area contributed by atoms with Gasteiger partial charge < -0.3 is 5.73 Å². The van der Waals surface area contributed by atoms with Crippen LogP contribution < -0.4 is 5.73 Å². The third kappa shape index (κ3) is 3.67. The molecule has 1 aromatic carbocycles. The Morgan fingerprint density at radius 3 is 2.80 bits per heavy atom. The Hall–Kier alpha value is -0.750. The highest BCUT2D eigenvalue weighted by Gasteiger charge is 2.21. The van der Waals surface area contributed by atoms with Crippen molar-refractivity contribution < 1.29 is 4.39 Å². The number of hydrogen-bond donors (Lipinski definition) is 1. The molecule has 1 unspecified atom stereocenters. The fraction of sp³-hybridized carbons (Fsp3) is 0.333. The number of nitrogens with zero attached hydrogens (tertiary/aromatic N) is 1. The minimum atomic E-state index is -0.201. The first-order valence-corrected chi connectivity index (χ1v) is 8.24. The molecule has 0 saturated carbocycles. The van der Waals surface area contributed by atoms with E-state index in [1.807, 2.05) is 12.1 Å². The molecule has 2 rings (SSSR count). The van der Waals surface area contributed by atoms with E-state index < -0.39 is 0 Å². The molecule has 0 saturated heterocycles. The van der Waals surface area contributed by atoms with Crippen molar-refractivity contribution in [2.45, 2.75) is 19.5 Å². The molecule has 2 N–H and O–H groups in total. The molecule has 0 amide bonds. The molecular weight excluding hydrogens is 339 g/mol. The topological polar surface area (TPSA) is 29.3 Å². The van der Waals surface area contributed by atoms with E-state index in [1.54, 1.807) is 17.4 Å². The molecule has 0 fully saturated rings. The number of nitrogens with two attached hydrogens (primary N) is 1. The Kier molecular flexibility index (Phi) is 5.72. The van der Waals surface area contributed by atoms with Crippen LogP contribution in [0, 0.1) is 5.82 Å². The largest absolute Gasteiger partial charge is 0.329 e. The van der Waals surface area contributed by atoms with Gasteiger partial charge in [0.05, 0.1) is 6.04 Å². The zero-order valence-corrected chi connectivity index (χ0v) is 13.8. The van der Waals surface area contributed by atoms with Crippen molar-refractivity contribution in [3.8, 4) is 0 Å². The lowest BCUT2D eigenvalue weighted by molar-refractivity contribution is 0.201. The maximum Gasteiger partial charge on any atom is 0.128 e. The van der Waals surface area contributed by atoms with Gasteiger partial charge in [0.25, 0.3) is 0 Å². The van der Waals surface area contributed by atoms with Crippen LogP contribution in [0.25, 0.3) is 0 Å². The van der Waals surface area contributed by atoms with Gasteiger partial charge in [-0.3, -0.25) is 4.90 Å². The fourth-order valence-corrected chi connectivity index (χ4v) is 3.40. The van der Waals surface area contributed by atoms with E-state index in [0.29, 0.717) is 12.1 Å². The predicted molar refractivity (Wildman–Crippen MR) is 86.3 cm³/mol. The summed E-state index contributed by atoms with van der Waals surface area (Å²) in [5.74, 6) is -0.201. The predicted octanol–water partition coefficient (Wildman–Crippen LogP) is 4.17. The van der Waals surface area contributed by atoms with E-state index in [9.17, 15) is 4.39 Å². The molecule has 0 radical (unpaired) electrons. The van der Waals surface area contributed by atoms with E-state index in [1.165, 1.54) is 10.9 Å². The van der Waals surface area contributed by atoms with Crippen LogP contribution in [-0.2, 0) is 6.54 Å². The van der Waals surface area contributed by atoms with Crippen molar-refractivity contribution in [1.29, 1.82) is 0 Å². The summed E-state index contributed by atoms with van der Waals surface area (Å²) < 4.78 is 15.0. The first-order chi connectivity index (χ1) is 9.65. The number of rotatable bonds is 6. The van der Waals surface area contributed by atoms with Crippen molar-refractivity contribution in [3.63, 3.8) is 0 Å². The fourth-order valence-electron chi connectivity index (χ4n) is 2.29. The Morgan fingerprint density at radius 2 is 2.20 bits per heavy atom. The van der Waals surface area contributed by atoms with Gasteiger partial charge in [-0.25, -0.2) is 4.39 Å². The summed E-state index contributed by atoms with van der Waals surface area (Å²) in [6.07, 6.45) is 0. The summed E-state index contributed by atoms with van der Waals surface area (Å²) in [5.41, 5.74) is 6.56. The van der Waals surface area contributed by atoms with Crippen molar-refractivity contribution in [2.24, 2.45) is 5.73 Å². The summed E-state index contributed by atoms with van der Waals surface area (Å²) in [5, 5.41) is 2.06. The summed E-state index contributed by atoms with van der Waals surface area (Å²) in [7, 11) is 0. The highest BCUT2D eigenvalue weighted by molar-refractivity contribution is 9.10. The number of halogens is 2. The van der Waals surface area contributed by atoms with Crippen LogP contribution in [0.3, 0.4) is 0 Å². The van der Waals surface area contributed by atoms with Gasteiger partial charge in [-0.1, -0.05) is 28.9 Å². The van der Waals surface area contributed by atoms with Crippen molar-refractivity contribution in [1.82, 2.24) is 4.90 Å².